The van der Waals surface area contributed by atoms with Crippen molar-refractivity contribution in [1.82, 2.24) is 47.8 Å². The van der Waals surface area contributed by atoms with Gasteiger partial charge in [0, 0.05) is 237 Å². The SMILES string of the molecule is [2H]c1nc(-c2[c-]cc(C([2H])([2H])[2H])c([N+]#[C-])c2)n(-c2c(C([2H])(C)C([2H])([2H])[2H])cccc2C([2H])(C)C([2H])([2H])[2H])c1[2H].[2H]c1nc(-c2[c-]cc(C([2H])([2H])[2H])c([N+]#[C-])c2)n(-c2c(C([2H])([2H])[2H])cc(C)cc2C([2H])([2H])[2H])c1[2H].[2H]c1nc(-c2[c-]cc(C)c([N+]#[C-])c2)n(-c2c(C([2H])(C)C)cccc2C([2H])(C)C)c1[2H].[2H]c1nc(-c2[c-]cc(C)c([N+]#[C-])c2)n(-c2c(C([2H])([2H])[2H])cc(C)cc2C([2H])([2H])[2H])c1[2H].[2H]c1nc(-c2[c-]ccc([N+]#[C-])c2)n(-c2c(C([2H])([2H])[2H])cc(C)cc2C([2H])([2H])[2H])c1[2H].[Ir].[Ir].[Ir].[Ir].[Ir]. The molecule has 2 unspecified atom stereocenters. The molecule has 125 heavy (non-hydrogen) atoms. The van der Waals surface area contributed by atoms with Gasteiger partial charge in [-0.05, 0) is 141 Å². The van der Waals surface area contributed by atoms with Crippen molar-refractivity contribution in [2.24, 2.45) is 0 Å². The van der Waals surface area contributed by atoms with Crippen molar-refractivity contribution in [1.29, 1.82) is 0 Å². The van der Waals surface area contributed by atoms with Crippen LogP contribution < -0.4 is 0 Å². The topological polar surface area (TPSA) is 111 Å². The average molecular weight is 2580 g/mol. The Bertz CT molecular complexity index is 8440. The third-order valence-corrected chi connectivity index (χ3v) is 18.2. The van der Waals surface area contributed by atoms with Gasteiger partial charge in [-0.1, -0.05) is 172 Å². The third kappa shape index (κ3) is 23.6. The van der Waals surface area contributed by atoms with Crippen LogP contribution in [-0.2, 0) is 101 Å². The third-order valence-electron chi connectivity index (χ3n) is 18.2. The molecule has 645 valence electrons. The van der Waals surface area contributed by atoms with Crippen LogP contribution in [-0.4, -0.2) is 47.8 Å². The molecule has 5 heterocycles. The van der Waals surface area contributed by atoms with E-state index in [2.05, 4.69) is 79.5 Å². The van der Waals surface area contributed by atoms with Gasteiger partial charge >= 0.3 is 0 Å². The largest absolute Gasteiger partial charge is 0.340 e. The van der Waals surface area contributed by atoms with E-state index in [0.717, 1.165) is 61.9 Å². The smallest absolute Gasteiger partial charge is 0.111 e. The molecule has 10 aromatic carbocycles. The van der Waals surface area contributed by atoms with Crippen molar-refractivity contribution in [3.63, 3.8) is 0 Å². The molecule has 15 aromatic rings. The maximum atomic E-state index is 8.76. The predicted molar refractivity (Wildman–Crippen MR) is 488 cm³/mol. The second-order valence-corrected chi connectivity index (χ2v) is 27.4. The van der Waals surface area contributed by atoms with E-state index < -0.39 is 141 Å². The molecule has 15 nitrogen and oxygen atoms in total. The quantitative estimate of drug-likeness (QED) is 0.101. The van der Waals surface area contributed by atoms with E-state index in [4.69, 9.17) is 93.2 Å². The first-order valence-electron chi connectivity index (χ1n) is 58.1. The standard InChI is InChI=1S/2C23H24N3.2C20H18N3.C19H16N3.5Ir/c2*1-15(2)19-8-7-9-20(16(3)4)22(19)26-13-12-25-23(26)18-11-10-17(5)21(14-18)24-6;2*1-13-10-15(3)19(16(4)11-13)23-9-8-22-20(23)17-7-6-14(2)18(12-17)21-5;1-13-10-14(2)18(15(3)11-13)22-9-8-21-19(22)16-6-5-7-17(12-16)20-4;;;;;/h2*7-10,12-16H,1-5H3;2*6,8-12H,1-4H3;5,7-12H,1-3H3;;;;;/q5*-1;;;;;/i1D3,3D3,5D3,12D,13D,15D,16D;12D,13D,15D,16D;2D3,3D3,4D3,8D,9D;3D3,4D3,8D,9D;2D3,3D3,8D,9D;;;;;. The number of nitrogens with zero attached hydrogens (tertiary/aromatic N) is 15. The fraction of sp³-hybridized carbons (Fsp3) is 0.238. The Morgan fingerprint density at radius 1 is 0.312 bits per heavy atom. The van der Waals surface area contributed by atoms with Crippen LogP contribution in [0.5, 0.6) is 0 Å². The maximum Gasteiger partial charge on any atom is 0.111 e. The number of aromatic nitrogens is 10. The molecular formula is C105H100Ir5N15-5. The Balaban J connectivity index is 0.000000319. The van der Waals surface area contributed by atoms with Crippen molar-refractivity contribution in [3.05, 3.63) is 383 Å². The zero-order valence-corrected chi connectivity index (χ0v) is 80.1. The summed E-state index contributed by atoms with van der Waals surface area (Å²) < 4.78 is 360. The molecule has 20 heteroatoms. The Labute approximate surface area is 869 Å². The van der Waals surface area contributed by atoms with Crippen LogP contribution in [0.3, 0.4) is 0 Å². The summed E-state index contributed by atoms with van der Waals surface area (Å²) in [6.07, 6.45) is -4.56. The molecule has 5 radical (unpaired) electrons. The summed E-state index contributed by atoms with van der Waals surface area (Å²) in [7, 11) is 0. The second kappa shape index (κ2) is 46.2. The maximum absolute atomic E-state index is 8.76. The first-order chi connectivity index (χ1) is 75.0. The first-order valence-corrected chi connectivity index (χ1v) is 36.1. The van der Waals surface area contributed by atoms with E-state index in [1.54, 1.807) is 73.6 Å². The van der Waals surface area contributed by atoms with Gasteiger partial charge in [0.15, 0.2) is 0 Å². The minimum Gasteiger partial charge on any atom is -0.340 e. The number of imidazole rings is 5. The van der Waals surface area contributed by atoms with Gasteiger partial charge in [0.1, 0.15) is 28.4 Å². The van der Waals surface area contributed by atoms with Crippen LogP contribution in [0, 0.1) is 153 Å². The molecule has 0 aliphatic heterocycles. The van der Waals surface area contributed by atoms with Crippen LogP contribution in [0.1, 0.15) is 234 Å². The van der Waals surface area contributed by atoms with Gasteiger partial charge in [0.2, 0.25) is 0 Å². The molecule has 0 saturated carbocycles. The van der Waals surface area contributed by atoms with Crippen LogP contribution in [0.2, 0.25) is 0 Å². The summed E-state index contributed by atoms with van der Waals surface area (Å²) in [5.41, 5.74) is 2.02. The Morgan fingerprint density at radius 2 is 0.560 bits per heavy atom. The van der Waals surface area contributed by atoms with Crippen molar-refractivity contribution in [2.75, 3.05) is 0 Å². The number of para-hydroxylation sites is 2. The van der Waals surface area contributed by atoms with Gasteiger partial charge < -0.3 is 22.8 Å². The predicted octanol–water partition coefficient (Wildman–Crippen LogP) is 27.9. The summed E-state index contributed by atoms with van der Waals surface area (Å²) in [6.45, 7) is 26.8. The summed E-state index contributed by atoms with van der Waals surface area (Å²) in [5, 5.41) is 0. The molecule has 0 aliphatic rings. The van der Waals surface area contributed by atoms with Crippen LogP contribution in [0.15, 0.2) is 201 Å². The summed E-state index contributed by atoms with van der Waals surface area (Å²) >= 11 is 0. The van der Waals surface area contributed by atoms with E-state index >= 15 is 0 Å². The van der Waals surface area contributed by atoms with Gasteiger partial charge in [-0.15, -0.1) is 117 Å². The van der Waals surface area contributed by atoms with E-state index in [-0.39, 0.29) is 254 Å². The van der Waals surface area contributed by atoms with E-state index in [9.17, 15) is 0 Å². The minimum atomic E-state index is -2.93. The molecule has 0 N–H and O–H groups in total. The Hall–Kier alpha value is -11.1. The monoisotopic (exact) mass is 2580 g/mol. The van der Waals surface area contributed by atoms with Gasteiger partial charge in [0.25, 0.3) is 0 Å². The molecule has 0 fully saturated rings. The molecule has 0 amide bonds. The average Bonchev–Trinajstić information content (AvgIpc) is 1.71. The molecule has 2 atom stereocenters. The molecule has 0 spiro atoms. The number of hydrogen-bond acceptors (Lipinski definition) is 5. The van der Waals surface area contributed by atoms with Crippen molar-refractivity contribution >= 4 is 28.4 Å². The van der Waals surface area contributed by atoms with Crippen LogP contribution in [0.25, 0.3) is 110 Å². The normalized spacial score (nSPS) is 17.6. The number of aryl methyl sites for hydroxylation is 13. The molecular weight excluding hydrogens is 2430 g/mol. The second-order valence-electron chi connectivity index (χ2n) is 27.4. The van der Waals surface area contributed by atoms with Crippen LogP contribution in [0.4, 0.5) is 28.4 Å². The van der Waals surface area contributed by atoms with Crippen molar-refractivity contribution < 1.29 is 161 Å². The fourth-order valence-electron chi connectivity index (χ4n) is 12.6. The Kier molecular flexibility index (Phi) is 20.3. The zero-order valence-electron chi connectivity index (χ0n) is 112. The van der Waals surface area contributed by atoms with E-state index in [1.165, 1.54) is 83.4 Å². The van der Waals surface area contributed by atoms with Crippen molar-refractivity contribution in [3.8, 4) is 85.4 Å². The minimum absolute atomic E-state index is 0. The van der Waals surface area contributed by atoms with Crippen LogP contribution >= 0.6 is 0 Å². The van der Waals surface area contributed by atoms with E-state index in [1.807, 2.05) is 25.1 Å². The summed E-state index contributed by atoms with van der Waals surface area (Å²) in [4.78, 5) is 37.3. The molecule has 0 bridgehead atoms. The number of rotatable bonds is 14. The van der Waals surface area contributed by atoms with Gasteiger partial charge in [-0.25, -0.2) is 0 Å². The molecule has 0 saturated heterocycles. The fourth-order valence-corrected chi connectivity index (χ4v) is 12.6. The van der Waals surface area contributed by atoms with E-state index in [0.29, 0.717) is 61.8 Å². The first kappa shape index (κ1) is 54.7. The van der Waals surface area contributed by atoms with Gasteiger partial charge in [-0.3, -0.25) is 49.1 Å². The van der Waals surface area contributed by atoms with Gasteiger partial charge in [-0.2, -0.15) is 30.3 Å². The van der Waals surface area contributed by atoms with Crippen molar-refractivity contribution in [2.45, 2.75) is 168 Å². The number of hydrogen-bond donors (Lipinski definition) is 0. The molecule has 0 aliphatic carbocycles. The summed E-state index contributed by atoms with van der Waals surface area (Å²) in [6, 6.07) is 46.8. The summed E-state index contributed by atoms with van der Waals surface area (Å²) in [5.74, 6) is -6.96. The van der Waals surface area contributed by atoms with Gasteiger partial charge in [0.05, 0.1) is 75.7 Å². The zero-order chi connectivity index (χ0) is 124. The number of benzene rings is 10. The molecule has 5 aromatic heterocycles. The molecule has 15 rings (SSSR count). The Morgan fingerprint density at radius 3 is 0.808 bits per heavy atom.